The first-order chi connectivity index (χ1) is 24.3. The summed E-state index contributed by atoms with van der Waals surface area (Å²) < 4.78 is 2.71. The van der Waals surface area contributed by atoms with Crippen molar-refractivity contribution in [3.05, 3.63) is 162 Å². The van der Waals surface area contributed by atoms with E-state index in [9.17, 15) is 0 Å². The van der Waals surface area contributed by atoms with Gasteiger partial charge >= 0.3 is 0 Å². The summed E-state index contributed by atoms with van der Waals surface area (Å²) >= 11 is 1.91. The van der Waals surface area contributed by atoms with Gasteiger partial charge in [0, 0.05) is 47.8 Å². The predicted octanol–water partition coefficient (Wildman–Crippen LogP) is 13.9. The highest BCUT2D eigenvalue weighted by atomic mass is 32.1. The van der Waals surface area contributed by atoms with Gasteiger partial charge in [0.2, 0.25) is 0 Å². The molecule has 0 radical (unpaired) electrons. The van der Waals surface area contributed by atoms with Crippen molar-refractivity contribution in [3.8, 4) is 22.3 Å². The van der Waals surface area contributed by atoms with Gasteiger partial charge in [-0.25, -0.2) is 0 Å². The summed E-state index contributed by atoms with van der Waals surface area (Å²) in [4.78, 5) is 2.55. The zero-order valence-electron chi connectivity index (χ0n) is 28.6. The minimum absolute atomic E-state index is 0.0991. The molecule has 0 saturated heterocycles. The first-order valence-corrected chi connectivity index (χ1v) is 18.5. The van der Waals surface area contributed by atoms with E-state index in [-0.39, 0.29) is 10.8 Å². The van der Waals surface area contributed by atoms with Gasteiger partial charge in [0.15, 0.2) is 0 Å². The van der Waals surface area contributed by atoms with Crippen LogP contribution in [0.2, 0.25) is 0 Å². The molecular weight excluding hydrogens is 623 g/mol. The van der Waals surface area contributed by atoms with Crippen molar-refractivity contribution in [2.75, 3.05) is 4.90 Å². The maximum atomic E-state index is 2.55. The SMILES string of the molecule is CC1(C)c2ccccc2-c2ccc(N(c3ccc4c(c3)C(C)(C)c3ccccc3-4)c3cccc4c5cccc6sc7cccc(c34)c7c65)cc21. The van der Waals surface area contributed by atoms with Gasteiger partial charge in [0.1, 0.15) is 0 Å². The Morgan fingerprint density at radius 2 is 0.860 bits per heavy atom. The largest absolute Gasteiger partial charge is 0.310 e. The molecule has 0 saturated carbocycles. The Balaban J connectivity index is 1.23. The predicted molar refractivity (Wildman–Crippen MR) is 215 cm³/mol. The van der Waals surface area contributed by atoms with Crippen molar-refractivity contribution in [1.29, 1.82) is 0 Å². The van der Waals surface area contributed by atoms with Crippen molar-refractivity contribution >= 4 is 70.1 Å². The van der Waals surface area contributed by atoms with Crippen LogP contribution in [-0.4, -0.2) is 0 Å². The summed E-state index contributed by atoms with van der Waals surface area (Å²) in [5.41, 5.74) is 14.3. The molecule has 9 aromatic rings. The molecule has 0 amide bonds. The van der Waals surface area contributed by atoms with Gasteiger partial charge in [-0.3, -0.25) is 0 Å². The highest BCUT2D eigenvalue weighted by molar-refractivity contribution is 7.26. The van der Waals surface area contributed by atoms with Gasteiger partial charge in [0.05, 0.1) is 5.69 Å². The van der Waals surface area contributed by atoms with Crippen molar-refractivity contribution in [2.45, 2.75) is 38.5 Å². The highest BCUT2D eigenvalue weighted by Gasteiger charge is 2.38. The van der Waals surface area contributed by atoms with Crippen LogP contribution in [0, 0.1) is 0 Å². The van der Waals surface area contributed by atoms with Gasteiger partial charge in [0.25, 0.3) is 0 Å². The number of thiophene rings is 1. The molecule has 0 spiro atoms. The quantitative estimate of drug-likeness (QED) is 0.171. The van der Waals surface area contributed by atoms with Crippen LogP contribution in [0.1, 0.15) is 49.9 Å². The van der Waals surface area contributed by atoms with E-state index in [2.05, 4.69) is 172 Å². The second kappa shape index (κ2) is 9.62. The van der Waals surface area contributed by atoms with E-state index in [1.165, 1.54) is 103 Å². The molecule has 50 heavy (non-hydrogen) atoms. The molecule has 0 fully saturated rings. The van der Waals surface area contributed by atoms with Crippen LogP contribution >= 0.6 is 11.3 Å². The number of fused-ring (bicyclic) bond motifs is 9. The van der Waals surface area contributed by atoms with Crippen molar-refractivity contribution in [3.63, 3.8) is 0 Å². The molecule has 0 N–H and O–H groups in total. The third-order valence-corrected chi connectivity index (χ3v) is 13.1. The molecule has 2 heteroatoms. The van der Waals surface area contributed by atoms with Gasteiger partial charge in [-0.15, -0.1) is 11.3 Å². The van der Waals surface area contributed by atoms with Gasteiger partial charge in [-0.2, -0.15) is 0 Å². The fourth-order valence-corrected chi connectivity index (χ4v) is 10.8. The molecule has 1 heterocycles. The average Bonchev–Trinajstić information content (AvgIpc) is 3.72. The lowest BCUT2D eigenvalue weighted by Crippen LogP contribution is -2.18. The first kappa shape index (κ1) is 28.4. The van der Waals surface area contributed by atoms with Crippen LogP contribution in [0.4, 0.5) is 17.1 Å². The van der Waals surface area contributed by atoms with Crippen molar-refractivity contribution in [1.82, 2.24) is 0 Å². The van der Waals surface area contributed by atoms with Crippen LogP contribution in [0.3, 0.4) is 0 Å². The molecule has 8 aromatic carbocycles. The summed E-state index contributed by atoms with van der Waals surface area (Å²) in [6, 6.07) is 52.9. The van der Waals surface area contributed by atoms with Gasteiger partial charge < -0.3 is 4.90 Å². The van der Waals surface area contributed by atoms with Crippen molar-refractivity contribution < 1.29 is 0 Å². The Morgan fingerprint density at radius 1 is 0.400 bits per heavy atom. The molecule has 11 rings (SSSR count). The van der Waals surface area contributed by atoms with Gasteiger partial charge in [-0.1, -0.05) is 125 Å². The van der Waals surface area contributed by atoms with Crippen LogP contribution in [0.25, 0.3) is 64.0 Å². The molecule has 0 aliphatic heterocycles. The van der Waals surface area contributed by atoms with Crippen LogP contribution in [0.5, 0.6) is 0 Å². The maximum absolute atomic E-state index is 2.55. The average molecular weight is 658 g/mol. The zero-order valence-corrected chi connectivity index (χ0v) is 29.5. The summed E-state index contributed by atoms with van der Waals surface area (Å²) in [7, 11) is 0. The molecular formula is C48H35NS. The lowest BCUT2D eigenvalue weighted by Gasteiger charge is -2.31. The smallest absolute Gasteiger partial charge is 0.0546 e. The lowest BCUT2D eigenvalue weighted by atomic mass is 9.82. The highest BCUT2D eigenvalue weighted by Crippen LogP contribution is 2.55. The number of hydrogen-bond donors (Lipinski definition) is 0. The van der Waals surface area contributed by atoms with E-state index < -0.39 is 0 Å². The number of hydrogen-bond acceptors (Lipinski definition) is 2. The monoisotopic (exact) mass is 657 g/mol. The van der Waals surface area contributed by atoms with E-state index in [0.717, 1.165) is 0 Å². The first-order valence-electron chi connectivity index (χ1n) is 17.7. The number of anilines is 3. The molecule has 0 unspecified atom stereocenters. The second-order valence-electron chi connectivity index (χ2n) is 15.3. The molecule has 0 bridgehead atoms. The lowest BCUT2D eigenvalue weighted by molar-refractivity contribution is 0.660. The van der Waals surface area contributed by atoms with Crippen LogP contribution < -0.4 is 4.90 Å². The fourth-order valence-electron chi connectivity index (χ4n) is 9.62. The molecule has 238 valence electrons. The summed E-state index contributed by atoms with van der Waals surface area (Å²) in [6.45, 7) is 9.52. The Hall–Kier alpha value is -5.44. The van der Waals surface area contributed by atoms with Crippen LogP contribution in [-0.2, 0) is 10.8 Å². The Kier molecular flexibility index (Phi) is 5.47. The molecule has 2 aliphatic carbocycles. The normalized spacial score (nSPS) is 15.1. The molecule has 2 aliphatic rings. The number of benzene rings is 8. The van der Waals surface area contributed by atoms with E-state index in [1.807, 2.05) is 11.3 Å². The standard InChI is InChI=1S/C48H35NS/c1-47(2)37-17-7-5-12-30(37)32-24-22-28(26-39(32)47)49(29-23-25-33-31-13-6-8-18-38(31)48(3,4)40(33)27-29)41-19-9-14-34-35-15-10-20-42-45(35)46-36(44(34)41)16-11-21-43(46)50-42/h5-27H,1-4H3. The summed E-state index contributed by atoms with van der Waals surface area (Å²) in [6.07, 6.45) is 0. The fraction of sp³-hybridized carbons (Fsp3) is 0.125. The van der Waals surface area contributed by atoms with E-state index >= 15 is 0 Å². The number of nitrogens with zero attached hydrogens (tertiary/aromatic N) is 1. The minimum Gasteiger partial charge on any atom is -0.310 e. The van der Waals surface area contributed by atoms with E-state index in [4.69, 9.17) is 0 Å². The maximum Gasteiger partial charge on any atom is 0.0546 e. The second-order valence-corrected chi connectivity index (χ2v) is 16.4. The third-order valence-electron chi connectivity index (χ3n) is 12.0. The Bertz CT molecular complexity index is 2780. The zero-order chi connectivity index (χ0) is 33.5. The van der Waals surface area contributed by atoms with Crippen molar-refractivity contribution in [2.24, 2.45) is 0 Å². The summed E-state index contributed by atoms with van der Waals surface area (Å²) in [5.74, 6) is 0. The number of rotatable bonds is 3. The Labute approximate surface area is 296 Å². The van der Waals surface area contributed by atoms with E-state index in [0.29, 0.717) is 0 Å². The van der Waals surface area contributed by atoms with E-state index in [1.54, 1.807) is 0 Å². The molecule has 1 nitrogen and oxygen atoms in total. The molecule has 0 atom stereocenters. The topological polar surface area (TPSA) is 3.24 Å². The molecule has 1 aromatic heterocycles. The Morgan fingerprint density at radius 3 is 1.44 bits per heavy atom. The van der Waals surface area contributed by atoms with Gasteiger partial charge in [-0.05, 0) is 103 Å². The van der Waals surface area contributed by atoms with Crippen LogP contribution in [0.15, 0.2) is 140 Å². The minimum atomic E-state index is -0.0991. The summed E-state index contributed by atoms with van der Waals surface area (Å²) in [5, 5.41) is 8.06. The third kappa shape index (κ3) is 3.52.